The van der Waals surface area contributed by atoms with Gasteiger partial charge in [-0.05, 0) is 61.3 Å². The molecule has 0 saturated heterocycles. The Balaban J connectivity index is 2.21. The predicted molar refractivity (Wildman–Crippen MR) is 83.7 cm³/mol. The SMILES string of the molecule is Cc1cc(Cl)c(C(O)CC2(CC(=O)O)CCCC2)cc1C. The van der Waals surface area contributed by atoms with Gasteiger partial charge in [-0.3, -0.25) is 4.79 Å². The molecule has 1 aliphatic rings. The standard InChI is InChI=1S/C17H23ClO3/c1-11-7-13(14(18)8-12(11)2)15(19)9-17(10-16(20)21)5-3-4-6-17/h7-8,15,19H,3-6,9-10H2,1-2H3,(H,20,21). The monoisotopic (exact) mass is 310 g/mol. The Bertz CT molecular complexity index is 533. The van der Waals surface area contributed by atoms with Gasteiger partial charge in [0.15, 0.2) is 0 Å². The summed E-state index contributed by atoms with van der Waals surface area (Å²) in [4.78, 5) is 11.1. The Morgan fingerprint density at radius 3 is 2.43 bits per heavy atom. The van der Waals surface area contributed by atoms with Gasteiger partial charge in [-0.1, -0.05) is 30.5 Å². The van der Waals surface area contributed by atoms with E-state index in [0.717, 1.165) is 42.4 Å². The fourth-order valence-electron chi connectivity index (χ4n) is 3.48. The number of aryl methyl sites for hydroxylation is 2. The zero-order chi connectivity index (χ0) is 15.6. The second kappa shape index (κ2) is 6.37. The molecular formula is C17H23ClO3. The Labute approximate surface area is 130 Å². The molecule has 1 aromatic carbocycles. The third-order valence-electron chi connectivity index (χ3n) is 4.79. The zero-order valence-corrected chi connectivity index (χ0v) is 13.4. The molecule has 0 bridgehead atoms. The van der Waals surface area contributed by atoms with Gasteiger partial charge in [-0.2, -0.15) is 0 Å². The molecule has 0 aromatic heterocycles. The molecule has 2 N–H and O–H groups in total. The number of hydrogen-bond acceptors (Lipinski definition) is 2. The third-order valence-corrected chi connectivity index (χ3v) is 5.12. The molecule has 0 aliphatic heterocycles. The van der Waals surface area contributed by atoms with Crippen LogP contribution in [0.3, 0.4) is 0 Å². The fraction of sp³-hybridized carbons (Fsp3) is 0.588. The highest BCUT2D eigenvalue weighted by atomic mass is 35.5. The van der Waals surface area contributed by atoms with Crippen LogP contribution in [0.2, 0.25) is 5.02 Å². The highest BCUT2D eigenvalue weighted by Gasteiger charge is 2.38. The number of aliphatic hydroxyl groups is 1. The average Bonchev–Trinajstić information content (AvgIpc) is 2.80. The molecule has 0 radical (unpaired) electrons. The Morgan fingerprint density at radius 1 is 1.29 bits per heavy atom. The molecule has 3 nitrogen and oxygen atoms in total. The summed E-state index contributed by atoms with van der Waals surface area (Å²) >= 11 is 6.26. The average molecular weight is 311 g/mol. The first kappa shape index (κ1) is 16.3. The molecule has 0 amide bonds. The lowest BCUT2D eigenvalue weighted by Gasteiger charge is -2.30. The van der Waals surface area contributed by atoms with Crippen LogP contribution in [0, 0.1) is 19.3 Å². The van der Waals surface area contributed by atoms with Crippen LogP contribution in [0.4, 0.5) is 0 Å². The van der Waals surface area contributed by atoms with E-state index in [1.54, 1.807) is 0 Å². The van der Waals surface area contributed by atoms with Crippen molar-refractivity contribution in [3.8, 4) is 0 Å². The van der Waals surface area contributed by atoms with E-state index in [9.17, 15) is 9.90 Å². The number of halogens is 1. The number of aliphatic carboxylic acids is 1. The summed E-state index contributed by atoms with van der Waals surface area (Å²) in [5.74, 6) is -0.782. The van der Waals surface area contributed by atoms with E-state index in [4.69, 9.17) is 16.7 Å². The van der Waals surface area contributed by atoms with Crippen molar-refractivity contribution in [2.45, 2.75) is 58.5 Å². The number of carboxylic acids is 1. The summed E-state index contributed by atoms with van der Waals surface area (Å²) in [6.07, 6.45) is 3.74. The molecule has 1 unspecified atom stereocenters. The zero-order valence-electron chi connectivity index (χ0n) is 12.7. The lowest BCUT2D eigenvalue weighted by molar-refractivity contribution is -0.140. The largest absolute Gasteiger partial charge is 0.481 e. The van der Waals surface area contributed by atoms with Crippen LogP contribution in [0.5, 0.6) is 0 Å². The number of carbonyl (C=O) groups is 1. The number of aliphatic hydroxyl groups excluding tert-OH is 1. The van der Waals surface area contributed by atoms with Crippen molar-refractivity contribution in [2.75, 3.05) is 0 Å². The quantitative estimate of drug-likeness (QED) is 0.846. The minimum Gasteiger partial charge on any atom is -0.481 e. The first-order chi connectivity index (χ1) is 9.83. The number of hydrogen-bond donors (Lipinski definition) is 2. The summed E-state index contributed by atoms with van der Waals surface area (Å²) in [6.45, 7) is 3.98. The van der Waals surface area contributed by atoms with Crippen molar-refractivity contribution in [3.05, 3.63) is 33.8 Å². The smallest absolute Gasteiger partial charge is 0.303 e. The van der Waals surface area contributed by atoms with E-state index in [1.165, 1.54) is 0 Å². The lowest BCUT2D eigenvalue weighted by Crippen LogP contribution is -2.24. The minimum absolute atomic E-state index is 0.131. The van der Waals surface area contributed by atoms with Crippen LogP contribution in [-0.4, -0.2) is 16.2 Å². The van der Waals surface area contributed by atoms with Crippen molar-refractivity contribution in [1.82, 2.24) is 0 Å². The molecule has 116 valence electrons. The van der Waals surface area contributed by atoms with Gasteiger partial charge in [0.25, 0.3) is 0 Å². The van der Waals surface area contributed by atoms with E-state index in [1.807, 2.05) is 26.0 Å². The van der Waals surface area contributed by atoms with Gasteiger partial charge in [0.05, 0.1) is 12.5 Å². The third kappa shape index (κ3) is 3.78. The molecule has 0 spiro atoms. The molecular weight excluding hydrogens is 288 g/mol. The van der Waals surface area contributed by atoms with Gasteiger partial charge in [0.2, 0.25) is 0 Å². The number of carboxylic acid groups (broad SMARTS) is 1. The van der Waals surface area contributed by atoms with Crippen LogP contribution in [0.15, 0.2) is 12.1 Å². The van der Waals surface area contributed by atoms with Crippen molar-refractivity contribution < 1.29 is 15.0 Å². The first-order valence-electron chi connectivity index (χ1n) is 7.49. The molecule has 1 aliphatic carbocycles. The molecule has 21 heavy (non-hydrogen) atoms. The van der Waals surface area contributed by atoms with Crippen molar-refractivity contribution >= 4 is 17.6 Å². The fourth-order valence-corrected chi connectivity index (χ4v) is 3.82. The van der Waals surface area contributed by atoms with Crippen LogP contribution < -0.4 is 0 Å². The van der Waals surface area contributed by atoms with E-state index in [0.29, 0.717) is 11.4 Å². The maximum absolute atomic E-state index is 11.1. The highest BCUT2D eigenvalue weighted by molar-refractivity contribution is 6.31. The molecule has 1 aromatic rings. The van der Waals surface area contributed by atoms with Crippen molar-refractivity contribution in [3.63, 3.8) is 0 Å². The van der Waals surface area contributed by atoms with E-state index < -0.39 is 12.1 Å². The molecule has 2 rings (SSSR count). The van der Waals surface area contributed by atoms with E-state index >= 15 is 0 Å². The minimum atomic E-state index is -0.782. The van der Waals surface area contributed by atoms with Gasteiger partial charge in [0.1, 0.15) is 0 Å². The van der Waals surface area contributed by atoms with Crippen LogP contribution in [0.25, 0.3) is 0 Å². The number of rotatable bonds is 5. The topological polar surface area (TPSA) is 57.5 Å². The lowest BCUT2D eigenvalue weighted by atomic mass is 9.76. The van der Waals surface area contributed by atoms with Gasteiger partial charge in [-0.25, -0.2) is 0 Å². The van der Waals surface area contributed by atoms with Crippen LogP contribution in [-0.2, 0) is 4.79 Å². The number of benzene rings is 1. The van der Waals surface area contributed by atoms with Gasteiger partial charge in [0, 0.05) is 5.02 Å². The van der Waals surface area contributed by atoms with Gasteiger partial charge in [-0.15, -0.1) is 0 Å². The maximum Gasteiger partial charge on any atom is 0.303 e. The van der Waals surface area contributed by atoms with Crippen molar-refractivity contribution in [1.29, 1.82) is 0 Å². The molecule has 4 heteroatoms. The Morgan fingerprint density at radius 2 is 1.86 bits per heavy atom. The van der Waals surface area contributed by atoms with E-state index in [-0.39, 0.29) is 11.8 Å². The maximum atomic E-state index is 11.1. The Kier molecular flexibility index (Phi) is 4.95. The predicted octanol–water partition coefficient (Wildman–Crippen LogP) is 4.42. The Hall–Kier alpha value is -1.06. The van der Waals surface area contributed by atoms with Crippen LogP contribution in [0.1, 0.15) is 61.3 Å². The summed E-state index contributed by atoms with van der Waals surface area (Å²) in [5, 5.41) is 20.3. The summed E-state index contributed by atoms with van der Waals surface area (Å²) < 4.78 is 0. The molecule has 1 atom stereocenters. The molecule has 0 heterocycles. The van der Waals surface area contributed by atoms with Crippen molar-refractivity contribution in [2.24, 2.45) is 5.41 Å². The summed E-state index contributed by atoms with van der Waals surface area (Å²) in [5.41, 5.74) is 2.62. The summed E-state index contributed by atoms with van der Waals surface area (Å²) in [7, 11) is 0. The van der Waals surface area contributed by atoms with Crippen LogP contribution >= 0.6 is 11.6 Å². The second-order valence-corrected chi connectivity index (χ2v) is 6.86. The highest BCUT2D eigenvalue weighted by Crippen LogP contribution is 2.48. The van der Waals surface area contributed by atoms with Gasteiger partial charge >= 0.3 is 5.97 Å². The molecule has 1 fully saturated rings. The first-order valence-corrected chi connectivity index (χ1v) is 7.87. The molecule has 1 saturated carbocycles. The summed E-state index contributed by atoms with van der Waals surface area (Å²) in [6, 6.07) is 3.79. The van der Waals surface area contributed by atoms with E-state index in [2.05, 4.69) is 0 Å². The van der Waals surface area contributed by atoms with Gasteiger partial charge < -0.3 is 10.2 Å². The normalized spacial score (nSPS) is 18.7. The second-order valence-electron chi connectivity index (χ2n) is 6.46.